The van der Waals surface area contributed by atoms with Crippen molar-refractivity contribution in [3.63, 3.8) is 0 Å². The van der Waals surface area contributed by atoms with Crippen molar-refractivity contribution in [3.05, 3.63) is 44.6 Å². The molecule has 0 bridgehead atoms. The number of amides is 1. The molecule has 0 radical (unpaired) electrons. The number of nitrogens with one attached hydrogen (secondary N) is 2. The Morgan fingerprint density at radius 1 is 1.22 bits per heavy atom. The van der Waals surface area contributed by atoms with Crippen molar-refractivity contribution in [3.8, 4) is 0 Å². The van der Waals surface area contributed by atoms with Crippen LogP contribution in [-0.2, 0) is 7.05 Å². The number of rotatable bonds is 2. The molecule has 0 unspecified atom stereocenters. The molecule has 0 aliphatic carbocycles. The molecule has 0 atom stereocenters. The van der Waals surface area contributed by atoms with Crippen molar-refractivity contribution in [1.29, 1.82) is 0 Å². The number of hydrogen-bond donors (Lipinski definition) is 2. The predicted molar refractivity (Wildman–Crippen MR) is 85.9 cm³/mol. The molecular formula is C15H18N6O2. The van der Waals surface area contributed by atoms with E-state index in [1.807, 2.05) is 31.5 Å². The van der Waals surface area contributed by atoms with Crippen molar-refractivity contribution in [1.82, 2.24) is 24.1 Å². The van der Waals surface area contributed by atoms with Crippen molar-refractivity contribution in [2.45, 2.75) is 27.7 Å². The van der Waals surface area contributed by atoms with Crippen LogP contribution in [0.3, 0.4) is 0 Å². The topological polar surface area (TPSA) is 97.1 Å². The van der Waals surface area contributed by atoms with E-state index in [2.05, 4.69) is 20.4 Å². The molecule has 0 aliphatic rings. The summed E-state index contributed by atoms with van der Waals surface area (Å²) >= 11 is 0. The second-order valence-electron chi connectivity index (χ2n) is 5.63. The number of aryl methyl sites for hydroxylation is 2. The average molecular weight is 314 g/mol. The fraction of sp³-hybridized carbons (Fsp3) is 0.333. The summed E-state index contributed by atoms with van der Waals surface area (Å²) in [5.74, 6) is 0.131. The molecule has 0 spiro atoms. The first-order chi connectivity index (χ1) is 10.8. The lowest BCUT2D eigenvalue weighted by Gasteiger charge is -2.02. The van der Waals surface area contributed by atoms with E-state index in [1.165, 1.54) is 4.52 Å². The number of anilines is 1. The minimum absolute atomic E-state index is 0.186. The summed E-state index contributed by atoms with van der Waals surface area (Å²) in [7, 11) is 1.90. The summed E-state index contributed by atoms with van der Waals surface area (Å²) in [4.78, 5) is 33.0. The third-order valence-electron chi connectivity index (χ3n) is 4.22. The summed E-state index contributed by atoms with van der Waals surface area (Å²) in [6.07, 6.45) is 0. The van der Waals surface area contributed by atoms with E-state index in [0.29, 0.717) is 16.8 Å². The third kappa shape index (κ3) is 2.32. The molecule has 3 heterocycles. The van der Waals surface area contributed by atoms with Crippen LogP contribution < -0.4 is 10.9 Å². The molecular weight excluding hydrogens is 296 g/mol. The van der Waals surface area contributed by atoms with Crippen LogP contribution in [0, 0.1) is 27.7 Å². The van der Waals surface area contributed by atoms with Crippen molar-refractivity contribution < 1.29 is 4.79 Å². The van der Waals surface area contributed by atoms with Crippen molar-refractivity contribution in [2.24, 2.45) is 7.05 Å². The van der Waals surface area contributed by atoms with Gasteiger partial charge >= 0.3 is 0 Å². The number of fused-ring (bicyclic) bond motifs is 1. The summed E-state index contributed by atoms with van der Waals surface area (Å²) < 4.78 is 3.16. The number of aromatic nitrogens is 5. The van der Waals surface area contributed by atoms with Gasteiger partial charge in [0, 0.05) is 29.7 Å². The SMILES string of the molecule is Cc1nc2nc(NC(=O)c3cc(C)n(C)c3C)[nH]n2c(=O)c1C. The molecule has 0 aliphatic heterocycles. The van der Waals surface area contributed by atoms with Gasteiger partial charge in [0.05, 0.1) is 5.56 Å². The van der Waals surface area contributed by atoms with Gasteiger partial charge in [-0.3, -0.25) is 20.0 Å². The first-order valence-electron chi connectivity index (χ1n) is 7.20. The maximum absolute atomic E-state index is 12.4. The lowest BCUT2D eigenvalue weighted by atomic mass is 10.2. The maximum Gasteiger partial charge on any atom is 0.277 e. The molecule has 23 heavy (non-hydrogen) atoms. The van der Waals surface area contributed by atoms with E-state index < -0.39 is 0 Å². The number of carbonyl (C=O) groups excluding carboxylic acids is 1. The van der Waals surface area contributed by atoms with Crippen LogP contribution in [0.5, 0.6) is 0 Å². The molecule has 3 aromatic heterocycles. The van der Waals surface area contributed by atoms with Crippen LogP contribution in [0.1, 0.15) is 33.0 Å². The Labute approximate surface area is 132 Å². The standard InChI is InChI=1S/C15H18N6O2/c1-7-6-11(10(4)20(7)5)12(22)17-14-18-15-16-9(3)8(2)13(23)21(15)19-14/h6H,1-5H3,(H2,16,17,18,19,22). The summed E-state index contributed by atoms with van der Waals surface area (Å²) in [5.41, 5.74) is 3.34. The highest BCUT2D eigenvalue weighted by Gasteiger charge is 2.16. The van der Waals surface area contributed by atoms with E-state index in [-0.39, 0.29) is 23.2 Å². The largest absolute Gasteiger partial charge is 0.351 e. The van der Waals surface area contributed by atoms with Gasteiger partial charge in [0.15, 0.2) is 0 Å². The van der Waals surface area contributed by atoms with Crippen LogP contribution in [0.2, 0.25) is 0 Å². The Morgan fingerprint density at radius 3 is 2.52 bits per heavy atom. The second-order valence-corrected chi connectivity index (χ2v) is 5.63. The lowest BCUT2D eigenvalue weighted by molar-refractivity contribution is 0.102. The minimum Gasteiger partial charge on any atom is -0.351 e. The van der Waals surface area contributed by atoms with Crippen molar-refractivity contribution in [2.75, 3.05) is 5.32 Å². The smallest absolute Gasteiger partial charge is 0.277 e. The zero-order chi connectivity index (χ0) is 16.9. The van der Waals surface area contributed by atoms with Crippen LogP contribution in [0.4, 0.5) is 5.95 Å². The molecule has 0 aromatic carbocycles. The zero-order valence-electron chi connectivity index (χ0n) is 13.7. The average Bonchev–Trinajstić information content (AvgIpc) is 3.01. The van der Waals surface area contributed by atoms with Gasteiger partial charge < -0.3 is 4.57 Å². The molecule has 8 heteroatoms. The Balaban J connectivity index is 1.98. The fourth-order valence-electron chi connectivity index (χ4n) is 2.42. The Morgan fingerprint density at radius 2 is 1.91 bits per heavy atom. The van der Waals surface area contributed by atoms with Gasteiger partial charge in [-0.25, -0.2) is 4.98 Å². The van der Waals surface area contributed by atoms with Crippen LogP contribution in [-0.4, -0.2) is 30.1 Å². The van der Waals surface area contributed by atoms with E-state index >= 15 is 0 Å². The zero-order valence-corrected chi connectivity index (χ0v) is 13.7. The van der Waals surface area contributed by atoms with Gasteiger partial charge in [-0.1, -0.05) is 0 Å². The molecule has 120 valence electrons. The van der Waals surface area contributed by atoms with Crippen LogP contribution >= 0.6 is 0 Å². The molecule has 3 aromatic rings. The lowest BCUT2D eigenvalue weighted by Crippen LogP contribution is -2.19. The highest BCUT2D eigenvalue weighted by Crippen LogP contribution is 2.14. The Kier molecular flexibility index (Phi) is 3.32. The number of hydrogen-bond acceptors (Lipinski definition) is 4. The monoisotopic (exact) mass is 314 g/mol. The maximum atomic E-state index is 12.4. The van der Waals surface area contributed by atoms with Crippen molar-refractivity contribution >= 4 is 17.6 Å². The first-order valence-corrected chi connectivity index (χ1v) is 7.20. The summed E-state index contributed by atoms with van der Waals surface area (Å²) in [5, 5.41) is 5.44. The summed E-state index contributed by atoms with van der Waals surface area (Å²) in [6, 6.07) is 1.81. The third-order valence-corrected chi connectivity index (χ3v) is 4.22. The quantitative estimate of drug-likeness (QED) is 0.743. The van der Waals surface area contributed by atoms with Gasteiger partial charge in [-0.05, 0) is 33.8 Å². The highest BCUT2D eigenvalue weighted by molar-refractivity contribution is 6.04. The fourth-order valence-corrected chi connectivity index (χ4v) is 2.42. The minimum atomic E-state index is -0.285. The highest BCUT2D eigenvalue weighted by atomic mass is 16.2. The van der Waals surface area contributed by atoms with E-state index in [1.54, 1.807) is 13.8 Å². The number of carbonyl (C=O) groups is 1. The molecule has 0 saturated carbocycles. The predicted octanol–water partition coefficient (Wildman–Crippen LogP) is 1.24. The van der Waals surface area contributed by atoms with Gasteiger partial charge in [0.2, 0.25) is 5.95 Å². The van der Waals surface area contributed by atoms with E-state index in [0.717, 1.165) is 11.4 Å². The first kappa shape index (κ1) is 15.0. The number of nitrogens with zero attached hydrogens (tertiary/aromatic N) is 4. The molecule has 0 fully saturated rings. The van der Waals surface area contributed by atoms with Crippen LogP contribution in [0.25, 0.3) is 5.78 Å². The van der Waals surface area contributed by atoms with Gasteiger partial charge in [-0.15, -0.1) is 0 Å². The Hall–Kier alpha value is -2.90. The van der Waals surface area contributed by atoms with Crippen LogP contribution in [0.15, 0.2) is 10.9 Å². The van der Waals surface area contributed by atoms with Gasteiger partial charge in [-0.2, -0.15) is 9.50 Å². The normalized spacial score (nSPS) is 11.2. The molecule has 1 amide bonds. The van der Waals surface area contributed by atoms with Gasteiger partial charge in [0.25, 0.3) is 17.2 Å². The second kappa shape index (κ2) is 5.08. The Bertz CT molecular complexity index is 992. The van der Waals surface area contributed by atoms with Gasteiger partial charge in [0.1, 0.15) is 0 Å². The molecule has 8 nitrogen and oxygen atoms in total. The summed E-state index contributed by atoms with van der Waals surface area (Å²) in [6.45, 7) is 7.26. The number of aromatic amines is 1. The van der Waals surface area contributed by atoms with E-state index in [4.69, 9.17) is 0 Å². The molecule has 0 saturated heterocycles. The molecule has 2 N–H and O–H groups in total. The molecule has 3 rings (SSSR count). The van der Waals surface area contributed by atoms with E-state index in [9.17, 15) is 9.59 Å². The number of H-pyrrole nitrogens is 1.